The van der Waals surface area contributed by atoms with Crippen LogP contribution in [-0.2, 0) is 10.2 Å². The highest BCUT2D eigenvalue weighted by Gasteiger charge is 2.29. The van der Waals surface area contributed by atoms with Crippen LogP contribution in [0.2, 0.25) is 5.02 Å². The number of piperidine rings is 1. The van der Waals surface area contributed by atoms with E-state index < -0.39 is 10.2 Å². The molecule has 0 aliphatic carbocycles. The van der Waals surface area contributed by atoms with Crippen LogP contribution in [0.25, 0.3) is 0 Å². The van der Waals surface area contributed by atoms with Crippen LogP contribution in [0.5, 0.6) is 0 Å². The second-order valence-electron chi connectivity index (χ2n) is 5.14. The van der Waals surface area contributed by atoms with Gasteiger partial charge in [0.05, 0.1) is 5.69 Å². The number of benzene rings is 1. The third kappa shape index (κ3) is 3.47. The van der Waals surface area contributed by atoms with Crippen LogP contribution >= 0.6 is 27.5 Å². The fraction of sp³-hybridized carbons (Fsp3) is 0.538. The van der Waals surface area contributed by atoms with Crippen molar-refractivity contribution >= 4 is 43.4 Å². The van der Waals surface area contributed by atoms with Gasteiger partial charge < -0.3 is 0 Å². The number of aryl methyl sites for hydroxylation is 1. The minimum atomic E-state index is -3.54. The third-order valence-electron chi connectivity index (χ3n) is 3.54. The van der Waals surface area contributed by atoms with Crippen molar-refractivity contribution in [2.24, 2.45) is 0 Å². The molecule has 0 saturated carbocycles. The van der Waals surface area contributed by atoms with Crippen molar-refractivity contribution < 1.29 is 8.42 Å². The maximum Gasteiger partial charge on any atom is 0.301 e. The summed E-state index contributed by atoms with van der Waals surface area (Å²) in [5.41, 5.74) is 1.37. The van der Waals surface area contributed by atoms with E-state index >= 15 is 0 Å². The summed E-state index contributed by atoms with van der Waals surface area (Å²) in [6, 6.07) is 3.47. The van der Waals surface area contributed by atoms with E-state index in [4.69, 9.17) is 11.6 Å². The lowest BCUT2D eigenvalue weighted by molar-refractivity contribution is 0.270. The van der Waals surface area contributed by atoms with E-state index in [1.807, 2.05) is 13.8 Å². The van der Waals surface area contributed by atoms with E-state index in [0.717, 1.165) is 24.8 Å². The van der Waals surface area contributed by atoms with Gasteiger partial charge in [-0.3, -0.25) is 4.72 Å². The maximum absolute atomic E-state index is 12.5. The van der Waals surface area contributed by atoms with Gasteiger partial charge in [-0.15, -0.1) is 0 Å². The van der Waals surface area contributed by atoms with Crippen molar-refractivity contribution in [2.45, 2.75) is 39.2 Å². The van der Waals surface area contributed by atoms with Crippen LogP contribution in [-0.4, -0.2) is 25.3 Å². The van der Waals surface area contributed by atoms with E-state index in [1.54, 1.807) is 12.1 Å². The second-order valence-corrected chi connectivity index (χ2v) is 8.03. The molecule has 1 aromatic carbocycles. The molecule has 1 N–H and O–H groups in total. The van der Waals surface area contributed by atoms with Crippen molar-refractivity contribution in [3.8, 4) is 0 Å². The Bertz CT molecular complexity index is 607. The van der Waals surface area contributed by atoms with Crippen LogP contribution in [0.15, 0.2) is 16.6 Å². The number of nitrogens with zero attached hydrogens (tertiary/aromatic N) is 1. The first kappa shape index (κ1) is 16.1. The van der Waals surface area contributed by atoms with Crippen molar-refractivity contribution in [3.05, 3.63) is 27.2 Å². The summed E-state index contributed by atoms with van der Waals surface area (Å²) in [7, 11) is -3.54. The second kappa shape index (κ2) is 6.22. The third-order valence-corrected chi connectivity index (χ3v) is 6.24. The molecule has 112 valence electrons. The fourth-order valence-corrected chi connectivity index (χ4v) is 4.72. The van der Waals surface area contributed by atoms with Gasteiger partial charge in [-0.1, -0.05) is 18.0 Å². The molecule has 1 aromatic rings. The molecule has 0 bridgehead atoms. The quantitative estimate of drug-likeness (QED) is 0.862. The molecule has 7 heteroatoms. The average Bonchev–Trinajstić information content (AvgIpc) is 2.36. The lowest BCUT2D eigenvalue weighted by atomic mass is 10.1. The molecule has 1 atom stereocenters. The summed E-state index contributed by atoms with van der Waals surface area (Å²) in [6.07, 6.45) is 2.88. The number of hydrogen-bond acceptors (Lipinski definition) is 2. The Kier molecular flexibility index (Phi) is 5.00. The Balaban J connectivity index is 2.26. The van der Waals surface area contributed by atoms with Crippen molar-refractivity contribution in [1.82, 2.24) is 4.31 Å². The summed E-state index contributed by atoms with van der Waals surface area (Å²) >= 11 is 9.43. The molecule has 0 amide bonds. The van der Waals surface area contributed by atoms with Gasteiger partial charge in [0.1, 0.15) is 0 Å². The Morgan fingerprint density at radius 2 is 2.10 bits per heavy atom. The largest absolute Gasteiger partial charge is 0.301 e. The molecular formula is C13H18BrClN2O2S. The minimum absolute atomic E-state index is 0.0287. The highest BCUT2D eigenvalue weighted by molar-refractivity contribution is 9.10. The van der Waals surface area contributed by atoms with Gasteiger partial charge in [-0.25, -0.2) is 0 Å². The zero-order valence-electron chi connectivity index (χ0n) is 11.5. The Morgan fingerprint density at radius 1 is 1.40 bits per heavy atom. The van der Waals surface area contributed by atoms with E-state index in [9.17, 15) is 8.42 Å². The molecule has 1 aliphatic heterocycles. The number of halogens is 2. The Hall–Kier alpha value is -0.300. The highest BCUT2D eigenvalue weighted by Crippen LogP contribution is 2.31. The lowest BCUT2D eigenvalue weighted by Gasteiger charge is -2.32. The smallest absolute Gasteiger partial charge is 0.270 e. The topological polar surface area (TPSA) is 49.4 Å². The number of hydrogen-bond donors (Lipinski definition) is 1. The molecule has 0 aromatic heterocycles. The molecule has 1 saturated heterocycles. The zero-order valence-corrected chi connectivity index (χ0v) is 14.6. The number of rotatable bonds is 3. The van der Waals surface area contributed by atoms with Crippen LogP contribution in [0.3, 0.4) is 0 Å². The zero-order chi connectivity index (χ0) is 14.9. The molecule has 0 spiro atoms. The first-order valence-corrected chi connectivity index (χ1v) is 9.17. The molecule has 1 fully saturated rings. The predicted octanol–water partition coefficient (Wildman–Crippen LogP) is 3.94. The summed E-state index contributed by atoms with van der Waals surface area (Å²) in [5.74, 6) is 0. The first-order chi connectivity index (χ1) is 9.31. The standard InChI is InChI=1S/C13H18BrClN2O2S/c1-9-7-11(14)13(8-12(9)15)16-20(18,19)17-6-4-3-5-10(17)2/h7-8,10,16H,3-6H2,1-2H3. The van der Waals surface area contributed by atoms with Gasteiger partial charge in [0.2, 0.25) is 0 Å². The van der Waals surface area contributed by atoms with Gasteiger partial charge in [-0.2, -0.15) is 12.7 Å². The number of nitrogens with one attached hydrogen (secondary N) is 1. The summed E-state index contributed by atoms with van der Waals surface area (Å²) in [5, 5.41) is 0.539. The van der Waals surface area contributed by atoms with Crippen molar-refractivity contribution in [3.63, 3.8) is 0 Å². The van der Waals surface area contributed by atoms with Crippen LogP contribution < -0.4 is 4.72 Å². The minimum Gasteiger partial charge on any atom is -0.270 e. The molecule has 2 rings (SSSR count). The normalized spacial score (nSPS) is 20.9. The molecular weight excluding hydrogens is 364 g/mol. The van der Waals surface area contributed by atoms with Gasteiger partial charge in [0, 0.05) is 22.1 Å². The van der Waals surface area contributed by atoms with E-state index in [0.29, 0.717) is 21.7 Å². The number of anilines is 1. The van der Waals surface area contributed by atoms with Crippen LogP contribution in [0, 0.1) is 6.92 Å². The monoisotopic (exact) mass is 380 g/mol. The SMILES string of the molecule is Cc1cc(Br)c(NS(=O)(=O)N2CCCCC2C)cc1Cl. The maximum atomic E-state index is 12.5. The average molecular weight is 382 g/mol. The molecule has 20 heavy (non-hydrogen) atoms. The van der Waals surface area contributed by atoms with Gasteiger partial charge >= 0.3 is 10.2 Å². The van der Waals surface area contributed by atoms with Crippen LogP contribution in [0.4, 0.5) is 5.69 Å². The first-order valence-electron chi connectivity index (χ1n) is 6.56. The predicted molar refractivity (Wildman–Crippen MR) is 86.5 cm³/mol. The highest BCUT2D eigenvalue weighted by atomic mass is 79.9. The van der Waals surface area contributed by atoms with Gasteiger partial charge in [0.15, 0.2) is 0 Å². The lowest BCUT2D eigenvalue weighted by Crippen LogP contribution is -2.44. The summed E-state index contributed by atoms with van der Waals surface area (Å²) in [6.45, 7) is 4.38. The summed E-state index contributed by atoms with van der Waals surface area (Å²) < 4.78 is 29.8. The molecule has 0 radical (unpaired) electrons. The van der Waals surface area contributed by atoms with Crippen LogP contribution in [0.1, 0.15) is 31.7 Å². The van der Waals surface area contributed by atoms with Crippen molar-refractivity contribution in [1.29, 1.82) is 0 Å². The molecule has 1 aliphatic rings. The Labute approximate surface area is 133 Å². The molecule has 4 nitrogen and oxygen atoms in total. The van der Waals surface area contributed by atoms with Gasteiger partial charge in [0.25, 0.3) is 0 Å². The van der Waals surface area contributed by atoms with Gasteiger partial charge in [-0.05, 0) is 60.3 Å². The summed E-state index contributed by atoms with van der Waals surface area (Å²) in [4.78, 5) is 0. The molecule has 1 unspecified atom stereocenters. The fourth-order valence-electron chi connectivity index (χ4n) is 2.35. The Morgan fingerprint density at radius 3 is 2.75 bits per heavy atom. The van der Waals surface area contributed by atoms with Crippen molar-refractivity contribution in [2.75, 3.05) is 11.3 Å². The van der Waals surface area contributed by atoms with E-state index in [-0.39, 0.29) is 6.04 Å². The van der Waals surface area contributed by atoms with E-state index in [2.05, 4.69) is 20.7 Å². The van der Waals surface area contributed by atoms with E-state index in [1.165, 1.54) is 4.31 Å². The molecule has 1 heterocycles.